The molecule has 0 aliphatic carbocycles. The Bertz CT molecular complexity index is 2080. The monoisotopic (exact) mass is 485 g/mol. The second-order valence-electron chi connectivity index (χ2n) is 8.96. The van der Waals surface area contributed by atoms with Gasteiger partial charge in [0.1, 0.15) is 0 Å². The molecule has 3 aromatic carbocycles. The van der Waals surface area contributed by atoms with E-state index >= 15 is 0 Å². The quantitative estimate of drug-likeness (QED) is 0.248. The lowest BCUT2D eigenvalue weighted by molar-refractivity contribution is 1.12. The SMILES string of the molecule is [C-]#[N+]c1ccc2c3ccncc3n(-c3cc(C#N)cc(-n4c5cnccc5c5ccc(C#N)cc54)c3)c2c1. The number of nitriles is 2. The maximum absolute atomic E-state index is 10.0. The molecule has 0 saturated carbocycles. The molecule has 0 atom stereocenters. The molecule has 38 heavy (non-hydrogen) atoms. The van der Waals surface area contributed by atoms with Gasteiger partial charge in [-0.3, -0.25) is 9.97 Å². The third-order valence-corrected chi connectivity index (χ3v) is 6.93. The lowest BCUT2D eigenvalue weighted by atomic mass is 10.1. The fraction of sp³-hybridized carbons (Fsp3) is 0. The van der Waals surface area contributed by atoms with E-state index < -0.39 is 0 Å². The molecule has 0 aliphatic heterocycles. The molecule has 0 radical (unpaired) electrons. The first-order chi connectivity index (χ1) is 18.7. The molecule has 0 N–H and O–H groups in total. The average Bonchev–Trinajstić information content (AvgIpc) is 3.48. The van der Waals surface area contributed by atoms with Crippen LogP contribution < -0.4 is 0 Å². The third kappa shape index (κ3) is 2.99. The number of fused-ring (bicyclic) bond motifs is 6. The zero-order chi connectivity index (χ0) is 25.8. The second-order valence-corrected chi connectivity index (χ2v) is 8.96. The van der Waals surface area contributed by atoms with Crippen LogP contribution in [0.2, 0.25) is 0 Å². The van der Waals surface area contributed by atoms with Crippen molar-refractivity contribution >= 4 is 49.3 Å². The third-order valence-electron chi connectivity index (χ3n) is 6.93. The van der Waals surface area contributed by atoms with Gasteiger partial charge in [-0.05, 0) is 48.5 Å². The summed E-state index contributed by atoms with van der Waals surface area (Å²) in [6, 6.07) is 25.4. The van der Waals surface area contributed by atoms with Gasteiger partial charge in [0.15, 0.2) is 5.69 Å². The van der Waals surface area contributed by atoms with Crippen LogP contribution in [-0.4, -0.2) is 19.1 Å². The van der Waals surface area contributed by atoms with E-state index in [0.29, 0.717) is 16.8 Å². The van der Waals surface area contributed by atoms with Crippen LogP contribution in [0.1, 0.15) is 11.1 Å². The van der Waals surface area contributed by atoms with Crippen molar-refractivity contribution in [1.29, 1.82) is 10.5 Å². The van der Waals surface area contributed by atoms with Crippen molar-refractivity contribution in [3.8, 4) is 23.5 Å². The zero-order valence-corrected chi connectivity index (χ0v) is 19.8. The summed E-state index contributed by atoms with van der Waals surface area (Å²) in [5.41, 5.74) is 6.56. The molecule has 7 aromatic rings. The number of aromatic nitrogens is 4. The highest BCUT2D eigenvalue weighted by atomic mass is 15.0. The number of rotatable bonds is 2. The largest absolute Gasteiger partial charge is 0.309 e. The van der Waals surface area contributed by atoms with Crippen molar-refractivity contribution in [3.05, 3.63) is 114 Å². The van der Waals surface area contributed by atoms with Crippen LogP contribution in [0.5, 0.6) is 0 Å². The summed E-state index contributed by atoms with van der Waals surface area (Å²) in [6.07, 6.45) is 7.10. The molecule has 4 heterocycles. The topological polar surface area (TPSA) is 87.6 Å². The minimum absolute atomic E-state index is 0.480. The summed E-state index contributed by atoms with van der Waals surface area (Å²) in [6.45, 7) is 7.54. The van der Waals surface area contributed by atoms with Crippen molar-refractivity contribution in [2.24, 2.45) is 0 Å². The van der Waals surface area contributed by atoms with Crippen molar-refractivity contribution in [3.63, 3.8) is 0 Å². The van der Waals surface area contributed by atoms with E-state index in [0.717, 1.165) is 55.0 Å². The fourth-order valence-corrected chi connectivity index (χ4v) is 5.33. The molecule has 0 saturated heterocycles. The zero-order valence-electron chi connectivity index (χ0n) is 19.8. The summed E-state index contributed by atoms with van der Waals surface area (Å²) >= 11 is 0. The highest BCUT2D eigenvalue weighted by Crippen LogP contribution is 2.36. The van der Waals surface area contributed by atoms with E-state index in [1.807, 2.05) is 75.9 Å². The van der Waals surface area contributed by atoms with Gasteiger partial charge in [0.05, 0.1) is 58.8 Å². The molecular formula is C31H15N7. The molecule has 4 aromatic heterocycles. The van der Waals surface area contributed by atoms with E-state index in [9.17, 15) is 10.5 Å². The van der Waals surface area contributed by atoms with Crippen LogP contribution >= 0.6 is 0 Å². The van der Waals surface area contributed by atoms with Gasteiger partial charge < -0.3 is 9.13 Å². The Hall–Kier alpha value is -5.97. The Kier molecular flexibility index (Phi) is 4.51. The normalized spacial score (nSPS) is 11.1. The highest BCUT2D eigenvalue weighted by Gasteiger charge is 2.17. The summed E-state index contributed by atoms with van der Waals surface area (Å²) in [4.78, 5) is 12.4. The number of hydrogen-bond donors (Lipinski definition) is 0. The van der Waals surface area contributed by atoms with E-state index in [4.69, 9.17) is 6.57 Å². The van der Waals surface area contributed by atoms with Gasteiger partial charge in [0.2, 0.25) is 0 Å². The molecule has 0 amide bonds. The first-order valence-corrected chi connectivity index (χ1v) is 11.8. The lowest BCUT2D eigenvalue weighted by Crippen LogP contribution is -2.00. The van der Waals surface area contributed by atoms with Crippen molar-refractivity contribution < 1.29 is 0 Å². The summed E-state index contributed by atoms with van der Waals surface area (Å²) in [5, 5.41) is 23.6. The van der Waals surface area contributed by atoms with E-state index in [-0.39, 0.29) is 0 Å². The molecule has 7 nitrogen and oxygen atoms in total. The van der Waals surface area contributed by atoms with Crippen LogP contribution in [0.15, 0.2) is 91.5 Å². The number of nitrogens with zero attached hydrogens (tertiary/aromatic N) is 7. The molecule has 174 valence electrons. The Balaban J connectivity index is 1.61. The predicted octanol–water partition coefficient (Wildman–Crippen LogP) is 6.96. The fourth-order valence-electron chi connectivity index (χ4n) is 5.33. The molecule has 0 unspecified atom stereocenters. The van der Waals surface area contributed by atoms with Gasteiger partial charge in [-0.15, -0.1) is 0 Å². The van der Waals surface area contributed by atoms with E-state index in [1.165, 1.54) is 0 Å². The Morgan fingerprint density at radius 2 is 1.16 bits per heavy atom. The molecule has 0 spiro atoms. The van der Waals surface area contributed by atoms with Gasteiger partial charge in [0.25, 0.3) is 0 Å². The smallest absolute Gasteiger partial charge is 0.189 e. The van der Waals surface area contributed by atoms with E-state index in [1.54, 1.807) is 24.8 Å². The van der Waals surface area contributed by atoms with Crippen molar-refractivity contribution in [1.82, 2.24) is 19.1 Å². The maximum Gasteiger partial charge on any atom is 0.189 e. The Labute approximate surface area is 216 Å². The highest BCUT2D eigenvalue weighted by molar-refractivity contribution is 6.11. The molecule has 0 fully saturated rings. The summed E-state index contributed by atoms with van der Waals surface area (Å²) < 4.78 is 4.09. The lowest BCUT2D eigenvalue weighted by Gasteiger charge is -2.13. The van der Waals surface area contributed by atoms with Gasteiger partial charge >= 0.3 is 0 Å². The maximum atomic E-state index is 10.0. The minimum atomic E-state index is 0.480. The molecule has 0 bridgehead atoms. The number of pyridine rings is 2. The van der Waals surface area contributed by atoms with Crippen molar-refractivity contribution in [2.45, 2.75) is 0 Å². The van der Waals surface area contributed by atoms with E-state index in [2.05, 4.69) is 27.0 Å². The predicted molar refractivity (Wildman–Crippen MR) is 146 cm³/mol. The molecule has 7 heteroatoms. The van der Waals surface area contributed by atoms with Gasteiger partial charge in [-0.1, -0.05) is 18.2 Å². The molecule has 7 rings (SSSR count). The summed E-state index contributed by atoms with van der Waals surface area (Å²) in [7, 11) is 0. The average molecular weight is 486 g/mol. The number of hydrogen-bond acceptors (Lipinski definition) is 4. The minimum Gasteiger partial charge on any atom is -0.309 e. The molecule has 0 aliphatic rings. The first kappa shape index (κ1) is 21.3. The second kappa shape index (κ2) is 8.03. The van der Waals surface area contributed by atoms with Crippen LogP contribution in [0.3, 0.4) is 0 Å². The van der Waals surface area contributed by atoms with Gasteiger partial charge in [-0.2, -0.15) is 10.5 Å². The van der Waals surface area contributed by atoms with Crippen molar-refractivity contribution in [2.75, 3.05) is 0 Å². The summed E-state index contributed by atoms with van der Waals surface area (Å²) in [5.74, 6) is 0. The van der Waals surface area contributed by atoms with Gasteiger partial charge in [0, 0.05) is 50.8 Å². The molecular weight excluding hydrogens is 470 g/mol. The standard InChI is InChI=1S/C31H15N7/c1-34-21-3-5-25-27-7-9-36-18-31(27)38(29(25)13-21)23-11-20(16-33)10-22(14-23)37-28-12-19(15-32)2-4-24(28)26-6-8-35-17-30(26)37/h2-14,17-18H. The van der Waals surface area contributed by atoms with Crippen LogP contribution in [0.4, 0.5) is 5.69 Å². The number of benzene rings is 3. The van der Waals surface area contributed by atoms with Crippen LogP contribution in [0.25, 0.3) is 59.8 Å². The first-order valence-electron chi connectivity index (χ1n) is 11.8. The van der Waals surface area contributed by atoms with Crippen LogP contribution in [0, 0.1) is 29.2 Å². The Morgan fingerprint density at radius 3 is 1.74 bits per heavy atom. The van der Waals surface area contributed by atoms with Crippen LogP contribution in [-0.2, 0) is 0 Å². The van der Waals surface area contributed by atoms with Gasteiger partial charge in [-0.25, -0.2) is 4.85 Å². The Morgan fingerprint density at radius 1 is 0.605 bits per heavy atom.